The fourth-order valence-electron chi connectivity index (χ4n) is 1.96. The Labute approximate surface area is 142 Å². The molecule has 0 aromatic heterocycles. The summed E-state index contributed by atoms with van der Waals surface area (Å²) in [6.45, 7) is 0.730. The van der Waals surface area contributed by atoms with Gasteiger partial charge in [0.25, 0.3) is 0 Å². The summed E-state index contributed by atoms with van der Waals surface area (Å²) in [7, 11) is 0. The Morgan fingerprint density at radius 3 is 1.33 bits per heavy atom. The van der Waals surface area contributed by atoms with Gasteiger partial charge in [-0.05, 0) is 36.4 Å². The number of rotatable bonds is 6. The molecule has 0 aliphatic heterocycles. The largest absolute Gasteiger partial charge is 0.368 e. The monoisotopic (exact) mass is 319 g/mol. The van der Waals surface area contributed by atoms with E-state index in [9.17, 15) is 4.79 Å². The number of carbonyl (C=O) groups excluding carboxylic acids is 1. The number of hydrogen-bond acceptors (Lipinski definition) is 3. The number of benzene rings is 3. The standard InChI is InChI=1S/C13H14N2.C7H7NO/c1-3-7-12(8-4-1)14-11-15-13-9-5-2-6-10-13;9-6-8-7-4-2-1-3-5-7/h1-10,14-15H,11H2;1-6H,(H,8,9). The molecule has 0 bridgehead atoms. The molecule has 4 heteroatoms. The molecule has 122 valence electrons. The van der Waals surface area contributed by atoms with Crippen molar-refractivity contribution >= 4 is 23.5 Å². The summed E-state index contributed by atoms with van der Waals surface area (Å²) >= 11 is 0. The normalized spacial score (nSPS) is 9.17. The Balaban J connectivity index is 0.000000198. The van der Waals surface area contributed by atoms with Crippen molar-refractivity contribution in [1.29, 1.82) is 0 Å². The zero-order valence-electron chi connectivity index (χ0n) is 13.4. The first-order valence-electron chi connectivity index (χ1n) is 7.71. The SMILES string of the molecule is O=CNc1ccccc1.c1ccc(NCNc2ccccc2)cc1. The summed E-state index contributed by atoms with van der Waals surface area (Å²) in [5.41, 5.74) is 3.08. The van der Waals surface area contributed by atoms with Gasteiger partial charge < -0.3 is 16.0 Å². The second-order valence-electron chi connectivity index (χ2n) is 4.89. The maximum Gasteiger partial charge on any atom is 0.211 e. The van der Waals surface area contributed by atoms with Crippen LogP contribution in [-0.4, -0.2) is 13.1 Å². The third-order valence-corrected chi connectivity index (χ3v) is 3.13. The first-order chi connectivity index (χ1) is 11.9. The number of carbonyl (C=O) groups is 1. The Hall–Kier alpha value is -3.27. The van der Waals surface area contributed by atoms with E-state index in [1.54, 1.807) is 0 Å². The molecule has 24 heavy (non-hydrogen) atoms. The summed E-state index contributed by atoms with van der Waals surface area (Å²) < 4.78 is 0. The molecule has 1 amide bonds. The van der Waals surface area contributed by atoms with Gasteiger partial charge in [-0.3, -0.25) is 4.79 Å². The van der Waals surface area contributed by atoms with E-state index in [1.165, 1.54) is 0 Å². The van der Waals surface area contributed by atoms with Crippen LogP contribution in [0.15, 0.2) is 91.0 Å². The van der Waals surface area contributed by atoms with E-state index in [1.807, 2.05) is 91.0 Å². The van der Waals surface area contributed by atoms with E-state index in [0.29, 0.717) is 6.41 Å². The third kappa shape index (κ3) is 6.66. The quantitative estimate of drug-likeness (QED) is 0.465. The van der Waals surface area contributed by atoms with Gasteiger partial charge in [0.1, 0.15) is 0 Å². The van der Waals surface area contributed by atoms with Gasteiger partial charge in [-0.2, -0.15) is 0 Å². The second kappa shape index (κ2) is 10.5. The molecule has 0 saturated heterocycles. The van der Waals surface area contributed by atoms with Crippen LogP contribution in [0, 0.1) is 0 Å². The average molecular weight is 319 g/mol. The van der Waals surface area contributed by atoms with Gasteiger partial charge >= 0.3 is 0 Å². The van der Waals surface area contributed by atoms with Gasteiger partial charge in [-0.25, -0.2) is 0 Å². The fourth-order valence-corrected chi connectivity index (χ4v) is 1.96. The highest BCUT2D eigenvalue weighted by molar-refractivity contribution is 5.70. The van der Waals surface area contributed by atoms with Crippen molar-refractivity contribution in [2.24, 2.45) is 0 Å². The van der Waals surface area contributed by atoms with Gasteiger partial charge in [0.15, 0.2) is 0 Å². The molecule has 0 spiro atoms. The van der Waals surface area contributed by atoms with Crippen molar-refractivity contribution in [1.82, 2.24) is 0 Å². The van der Waals surface area contributed by atoms with E-state index in [-0.39, 0.29) is 0 Å². The molecule has 0 saturated carbocycles. The zero-order valence-corrected chi connectivity index (χ0v) is 13.4. The smallest absolute Gasteiger partial charge is 0.211 e. The molecule has 0 radical (unpaired) electrons. The Kier molecular flexibility index (Phi) is 7.44. The lowest BCUT2D eigenvalue weighted by molar-refractivity contribution is -0.105. The van der Waals surface area contributed by atoms with Crippen LogP contribution >= 0.6 is 0 Å². The lowest BCUT2D eigenvalue weighted by Crippen LogP contribution is -2.11. The lowest BCUT2D eigenvalue weighted by Gasteiger charge is -2.08. The van der Waals surface area contributed by atoms with Crippen LogP contribution < -0.4 is 16.0 Å². The number of amides is 1. The minimum absolute atomic E-state index is 0.662. The Morgan fingerprint density at radius 2 is 0.958 bits per heavy atom. The maximum atomic E-state index is 9.86. The Morgan fingerprint density at radius 1 is 0.583 bits per heavy atom. The molecule has 0 aliphatic rings. The number of para-hydroxylation sites is 3. The van der Waals surface area contributed by atoms with Crippen molar-refractivity contribution < 1.29 is 4.79 Å². The Bertz CT molecular complexity index is 648. The van der Waals surface area contributed by atoms with E-state index in [0.717, 1.165) is 23.7 Å². The molecule has 3 aromatic rings. The summed E-state index contributed by atoms with van der Waals surface area (Å²) in [5, 5.41) is 9.09. The molecular weight excluding hydrogens is 298 g/mol. The molecular formula is C20H21N3O. The molecule has 0 heterocycles. The van der Waals surface area contributed by atoms with Crippen LogP contribution in [0.4, 0.5) is 17.1 Å². The van der Waals surface area contributed by atoms with E-state index in [4.69, 9.17) is 0 Å². The predicted octanol–water partition coefficient (Wildman–Crippen LogP) is 4.42. The average Bonchev–Trinajstić information content (AvgIpc) is 2.65. The first-order valence-corrected chi connectivity index (χ1v) is 7.71. The molecule has 3 aromatic carbocycles. The highest BCUT2D eigenvalue weighted by Gasteiger charge is 1.89. The van der Waals surface area contributed by atoms with Crippen molar-refractivity contribution in [3.8, 4) is 0 Å². The van der Waals surface area contributed by atoms with Crippen molar-refractivity contribution in [2.45, 2.75) is 0 Å². The van der Waals surface area contributed by atoms with Gasteiger partial charge in [0, 0.05) is 17.1 Å². The minimum Gasteiger partial charge on any atom is -0.368 e. The highest BCUT2D eigenvalue weighted by Crippen LogP contribution is 2.07. The number of nitrogens with one attached hydrogen (secondary N) is 3. The predicted molar refractivity (Wildman–Crippen MR) is 101 cm³/mol. The van der Waals surface area contributed by atoms with Crippen molar-refractivity contribution in [3.05, 3.63) is 91.0 Å². The van der Waals surface area contributed by atoms with Crippen LogP contribution in [0.1, 0.15) is 0 Å². The number of anilines is 3. The first kappa shape index (κ1) is 17.1. The van der Waals surface area contributed by atoms with Gasteiger partial charge in [0.05, 0.1) is 6.67 Å². The molecule has 0 atom stereocenters. The molecule has 0 unspecified atom stereocenters. The van der Waals surface area contributed by atoms with E-state index in [2.05, 4.69) is 16.0 Å². The van der Waals surface area contributed by atoms with Gasteiger partial charge in [-0.15, -0.1) is 0 Å². The molecule has 3 rings (SSSR count). The summed E-state index contributed by atoms with van der Waals surface area (Å²) in [4.78, 5) is 9.86. The fraction of sp³-hybridized carbons (Fsp3) is 0.0500. The maximum absolute atomic E-state index is 9.86. The molecule has 4 nitrogen and oxygen atoms in total. The van der Waals surface area contributed by atoms with Gasteiger partial charge in [0.2, 0.25) is 6.41 Å². The summed E-state index contributed by atoms with van der Waals surface area (Å²) in [6.07, 6.45) is 0.662. The summed E-state index contributed by atoms with van der Waals surface area (Å²) in [6, 6.07) is 29.6. The van der Waals surface area contributed by atoms with Crippen molar-refractivity contribution in [3.63, 3.8) is 0 Å². The molecule has 3 N–H and O–H groups in total. The number of hydrogen-bond donors (Lipinski definition) is 3. The van der Waals surface area contributed by atoms with Crippen LogP contribution in [0.2, 0.25) is 0 Å². The lowest BCUT2D eigenvalue weighted by atomic mass is 10.3. The van der Waals surface area contributed by atoms with Crippen molar-refractivity contribution in [2.75, 3.05) is 22.6 Å². The van der Waals surface area contributed by atoms with Crippen LogP contribution in [0.5, 0.6) is 0 Å². The molecule has 0 aliphatic carbocycles. The van der Waals surface area contributed by atoms with E-state index < -0.39 is 0 Å². The topological polar surface area (TPSA) is 53.2 Å². The van der Waals surface area contributed by atoms with E-state index >= 15 is 0 Å². The molecule has 0 fully saturated rings. The third-order valence-electron chi connectivity index (χ3n) is 3.13. The highest BCUT2D eigenvalue weighted by atomic mass is 16.1. The van der Waals surface area contributed by atoms with Crippen LogP contribution in [-0.2, 0) is 4.79 Å². The zero-order chi connectivity index (χ0) is 16.9. The summed E-state index contributed by atoms with van der Waals surface area (Å²) in [5.74, 6) is 0. The van der Waals surface area contributed by atoms with Gasteiger partial charge in [-0.1, -0.05) is 54.6 Å². The van der Waals surface area contributed by atoms with Crippen LogP contribution in [0.3, 0.4) is 0 Å². The second-order valence-corrected chi connectivity index (χ2v) is 4.89. The van der Waals surface area contributed by atoms with Crippen LogP contribution in [0.25, 0.3) is 0 Å². The minimum atomic E-state index is 0.662.